The molecule has 0 aliphatic heterocycles. The first kappa shape index (κ1) is 13.6. The van der Waals surface area contributed by atoms with Gasteiger partial charge < -0.3 is 10.2 Å². The number of nitrogen functional groups attached to an aromatic ring is 1. The van der Waals surface area contributed by atoms with Crippen LogP contribution in [0.4, 0.5) is 0 Å². The summed E-state index contributed by atoms with van der Waals surface area (Å²) in [4.78, 5) is 12.1. The molecule has 0 aliphatic carbocycles. The van der Waals surface area contributed by atoms with Gasteiger partial charge in [-0.25, -0.2) is 5.84 Å². The van der Waals surface area contributed by atoms with Crippen molar-refractivity contribution in [1.29, 1.82) is 0 Å². The molecule has 2 unspecified atom stereocenters. The molecule has 0 saturated carbocycles. The number of nitrogens with two attached hydrogens (primary N) is 1. The largest absolute Gasteiger partial charge is 0.390 e. The third-order valence-corrected chi connectivity index (χ3v) is 3.66. The summed E-state index contributed by atoms with van der Waals surface area (Å²) in [6.07, 6.45) is -1.37. The van der Waals surface area contributed by atoms with Crippen molar-refractivity contribution < 1.29 is 15.0 Å². The molecule has 1 aromatic rings. The summed E-state index contributed by atoms with van der Waals surface area (Å²) < 4.78 is 0. The van der Waals surface area contributed by atoms with Crippen LogP contribution < -0.4 is 11.3 Å². The second kappa shape index (κ2) is 6.31. The normalized spacial score (nSPS) is 14.5. The quantitative estimate of drug-likeness (QED) is 0.276. The van der Waals surface area contributed by atoms with Crippen molar-refractivity contribution in [2.75, 3.05) is 5.33 Å². The molecular formula is C9H13BrN2O3S. The van der Waals surface area contributed by atoms with Crippen molar-refractivity contribution >= 4 is 33.2 Å². The summed E-state index contributed by atoms with van der Waals surface area (Å²) in [6.45, 7) is 0. The van der Waals surface area contributed by atoms with Crippen molar-refractivity contribution in [2.45, 2.75) is 18.6 Å². The predicted molar refractivity (Wildman–Crippen MR) is 65.4 cm³/mol. The molecule has 0 aromatic carbocycles. The number of carbonyl (C=O) groups is 1. The third kappa shape index (κ3) is 3.26. The van der Waals surface area contributed by atoms with Crippen molar-refractivity contribution in [3.05, 3.63) is 21.9 Å². The highest BCUT2D eigenvalue weighted by Crippen LogP contribution is 2.26. The van der Waals surface area contributed by atoms with E-state index in [4.69, 9.17) is 5.84 Å². The highest BCUT2D eigenvalue weighted by Gasteiger charge is 2.20. The minimum atomic E-state index is -0.970. The number of amides is 1. The van der Waals surface area contributed by atoms with Crippen LogP contribution in [0, 0.1) is 0 Å². The molecule has 0 fully saturated rings. The third-order valence-electron chi connectivity index (χ3n) is 2.04. The van der Waals surface area contributed by atoms with Gasteiger partial charge in [-0.1, -0.05) is 15.9 Å². The number of nitrogens with one attached hydrogen (secondary N) is 1. The Balaban J connectivity index is 2.73. The van der Waals surface area contributed by atoms with E-state index in [1.807, 2.05) is 5.43 Å². The van der Waals surface area contributed by atoms with Gasteiger partial charge in [0.15, 0.2) is 0 Å². The number of alkyl halides is 1. The van der Waals surface area contributed by atoms with Gasteiger partial charge in [-0.2, -0.15) is 0 Å². The predicted octanol–water partition coefficient (Wildman–Crippen LogP) is 0.531. The first-order valence-electron chi connectivity index (χ1n) is 4.63. The van der Waals surface area contributed by atoms with Gasteiger partial charge in [0.2, 0.25) is 0 Å². The first-order chi connectivity index (χ1) is 7.60. The smallest absolute Gasteiger partial charge is 0.275 e. The molecule has 90 valence electrons. The molecule has 0 saturated heterocycles. The molecule has 1 amide bonds. The monoisotopic (exact) mass is 308 g/mol. The zero-order valence-electron chi connectivity index (χ0n) is 8.39. The van der Waals surface area contributed by atoms with Gasteiger partial charge in [-0.05, 0) is 18.6 Å². The number of thiophene rings is 1. The van der Waals surface area contributed by atoms with Crippen LogP contribution in [0.5, 0.6) is 0 Å². The Morgan fingerprint density at radius 3 is 2.81 bits per heavy atom. The molecule has 1 aromatic heterocycles. The maximum Gasteiger partial charge on any atom is 0.275 e. The van der Waals surface area contributed by atoms with Crippen LogP contribution >= 0.6 is 27.3 Å². The molecule has 1 rings (SSSR count). The fraction of sp³-hybridized carbons (Fsp3) is 0.444. The Morgan fingerprint density at radius 2 is 2.25 bits per heavy atom. The van der Waals surface area contributed by atoms with Crippen LogP contribution in [-0.4, -0.2) is 27.6 Å². The number of rotatable bonds is 5. The van der Waals surface area contributed by atoms with Crippen molar-refractivity contribution in [3.63, 3.8) is 0 Å². The van der Waals surface area contributed by atoms with Crippen LogP contribution in [0.2, 0.25) is 0 Å². The Morgan fingerprint density at radius 1 is 1.56 bits per heavy atom. The van der Waals surface area contributed by atoms with E-state index in [0.29, 0.717) is 21.5 Å². The molecular weight excluding hydrogens is 296 g/mol. The number of hydrazine groups is 1. The number of aliphatic hydroxyl groups excluding tert-OH is 2. The van der Waals surface area contributed by atoms with E-state index in [9.17, 15) is 15.0 Å². The minimum absolute atomic E-state index is 0.404. The molecule has 5 N–H and O–H groups in total. The molecule has 2 atom stereocenters. The fourth-order valence-corrected chi connectivity index (χ4v) is 2.59. The Labute approximate surface area is 105 Å². The number of hydrogen-bond acceptors (Lipinski definition) is 5. The Hall–Kier alpha value is -0.470. The topological polar surface area (TPSA) is 95.6 Å². The van der Waals surface area contributed by atoms with E-state index >= 15 is 0 Å². The average molecular weight is 309 g/mol. The highest BCUT2D eigenvalue weighted by atomic mass is 79.9. The van der Waals surface area contributed by atoms with E-state index in [0.717, 1.165) is 11.3 Å². The van der Waals surface area contributed by atoms with Gasteiger partial charge in [0.25, 0.3) is 5.91 Å². The summed E-state index contributed by atoms with van der Waals surface area (Å²) in [5, 5.41) is 19.9. The molecule has 0 bridgehead atoms. The Kier molecular flexibility index (Phi) is 5.36. The minimum Gasteiger partial charge on any atom is -0.390 e. The number of halogens is 1. The van der Waals surface area contributed by atoms with E-state index in [1.54, 1.807) is 12.1 Å². The highest BCUT2D eigenvalue weighted by molar-refractivity contribution is 9.09. The van der Waals surface area contributed by atoms with E-state index in [2.05, 4.69) is 15.9 Å². The zero-order valence-corrected chi connectivity index (χ0v) is 10.8. The van der Waals surface area contributed by atoms with Gasteiger partial charge >= 0.3 is 0 Å². The summed E-state index contributed by atoms with van der Waals surface area (Å²) in [5.41, 5.74) is 2.01. The maximum atomic E-state index is 11.2. The molecule has 0 aliphatic rings. The lowest BCUT2D eigenvalue weighted by Gasteiger charge is -2.14. The SMILES string of the molecule is NNC(=O)c1ccc(C(O)C(O)CCBr)s1. The summed E-state index contributed by atoms with van der Waals surface area (Å²) in [7, 11) is 0. The van der Waals surface area contributed by atoms with Gasteiger partial charge in [-0.3, -0.25) is 10.2 Å². The average Bonchev–Trinajstić information content (AvgIpc) is 2.76. The van der Waals surface area contributed by atoms with Crippen molar-refractivity contribution in [3.8, 4) is 0 Å². The molecule has 1 heterocycles. The molecule has 0 radical (unpaired) electrons. The van der Waals surface area contributed by atoms with E-state index in [-0.39, 0.29) is 0 Å². The second-order valence-electron chi connectivity index (χ2n) is 3.17. The molecule has 5 nitrogen and oxygen atoms in total. The van der Waals surface area contributed by atoms with E-state index in [1.165, 1.54) is 0 Å². The number of hydrogen-bond donors (Lipinski definition) is 4. The summed E-state index contributed by atoms with van der Waals surface area (Å²) >= 11 is 4.29. The fourth-order valence-electron chi connectivity index (χ4n) is 1.16. The van der Waals surface area contributed by atoms with Crippen LogP contribution in [0.1, 0.15) is 27.1 Å². The van der Waals surface area contributed by atoms with Crippen LogP contribution in [0.15, 0.2) is 12.1 Å². The molecule has 0 spiro atoms. The standard InChI is InChI=1S/C9H13BrN2O3S/c10-4-3-5(13)8(14)6-1-2-7(16-6)9(15)12-11/h1-2,5,8,13-14H,3-4,11H2,(H,12,15). The zero-order chi connectivity index (χ0) is 12.1. The Bertz CT molecular complexity index is 358. The first-order valence-corrected chi connectivity index (χ1v) is 6.56. The van der Waals surface area contributed by atoms with Crippen LogP contribution in [-0.2, 0) is 0 Å². The number of carbonyl (C=O) groups excluding carboxylic acids is 1. The van der Waals surface area contributed by atoms with Crippen molar-refractivity contribution in [2.24, 2.45) is 5.84 Å². The molecule has 16 heavy (non-hydrogen) atoms. The van der Waals surface area contributed by atoms with Gasteiger partial charge in [-0.15, -0.1) is 11.3 Å². The maximum absolute atomic E-state index is 11.2. The van der Waals surface area contributed by atoms with E-state index < -0.39 is 18.1 Å². The lowest BCUT2D eigenvalue weighted by Crippen LogP contribution is -2.29. The van der Waals surface area contributed by atoms with Gasteiger partial charge in [0.05, 0.1) is 11.0 Å². The lowest BCUT2D eigenvalue weighted by atomic mass is 10.1. The number of aliphatic hydroxyl groups is 2. The van der Waals surface area contributed by atoms with Gasteiger partial charge in [0, 0.05) is 10.2 Å². The summed E-state index contributed by atoms with van der Waals surface area (Å²) in [6, 6.07) is 3.17. The lowest BCUT2D eigenvalue weighted by molar-refractivity contribution is 0.0195. The second-order valence-corrected chi connectivity index (χ2v) is 5.07. The van der Waals surface area contributed by atoms with Crippen molar-refractivity contribution in [1.82, 2.24) is 5.43 Å². The van der Waals surface area contributed by atoms with Crippen LogP contribution in [0.3, 0.4) is 0 Å². The van der Waals surface area contributed by atoms with Crippen LogP contribution in [0.25, 0.3) is 0 Å². The van der Waals surface area contributed by atoms with Gasteiger partial charge in [0.1, 0.15) is 6.10 Å². The molecule has 7 heteroatoms. The summed E-state index contributed by atoms with van der Waals surface area (Å²) in [5.74, 6) is 4.58.